The predicted molar refractivity (Wildman–Crippen MR) is 103 cm³/mol. The third-order valence-electron chi connectivity index (χ3n) is 4.01. The molecule has 3 rings (SSSR count). The molecule has 0 aromatic heterocycles. The number of aliphatic hydroxyl groups is 1. The van der Waals surface area contributed by atoms with Gasteiger partial charge in [-0.2, -0.15) is 13.5 Å². The molecule has 0 aliphatic carbocycles. The second-order valence-electron chi connectivity index (χ2n) is 5.75. The molecule has 1 heterocycles. The summed E-state index contributed by atoms with van der Waals surface area (Å²) in [5.74, 6) is 0.532. The third-order valence-corrected chi connectivity index (χ3v) is 5.36. The topological polar surface area (TPSA) is 121 Å². The van der Waals surface area contributed by atoms with Crippen LogP contribution in [0.3, 0.4) is 0 Å². The summed E-state index contributed by atoms with van der Waals surface area (Å²) in [6.07, 6.45) is 1.45. The molecule has 0 spiro atoms. The number of aromatic hydroxyl groups is 1. The molecule has 0 saturated carbocycles. The first-order valence-corrected chi connectivity index (χ1v) is 9.67. The lowest BCUT2D eigenvalue weighted by molar-refractivity contribution is 0.254. The van der Waals surface area contributed by atoms with Gasteiger partial charge in [0.05, 0.1) is 33.6 Å². The van der Waals surface area contributed by atoms with Crippen molar-refractivity contribution in [3.63, 3.8) is 0 Å². The molecule has 148 valence electrons. The lowest BCUT2D eigenvalue weighted by Crippen LogP contribution is -2.29. The molecule has 0 amide bonds. The van der Waals surface area contributed by atoms with Crippen molar-refractivity contribution in [3.8, 4) is 17.2 Å². The van der Waals surface area contributed by atoms with E-state index in [-0.39, 0.29) is 41.1 Å². The highest BCUT2D eigenvalue weighted by atomic mass is 32.2. The number of sulfonamides is 1. The normalized spacial score (nSPS) is 14.6. The fourth-order valence-electron chi connectivity index (χ4n) is 2.74. The molecule has 0 saturated heterocycles. The number of fused-ring (bicyclic) bond motifs is 1. The number of hydrogen-bond acceptors (Lipinski definition) is 8. The van der Waals surface area contributed by atoms with Crippen LogP contribution in [0.1, 0.15) is 11.1 Å². The lowest BCUT2D eigenvalue weighted by atomic mass is 10.2. The van der Waals surface area contributed by atoms with E-state index < -0.39 is 10.0 Å². The minimum Gasteiger partial charge on any atom is -0.504 e. The first-order chi connectivity index (χ1) is 13.4. The molecule has 1 aliphatic rings. The van der Waals surface area contributed by atoms with E-state index >= 15 is 0 Å². The molecule has 28 heavy (non-hydrogen) atoms. The number of aliphatic hydroxyl groups excluding tert-OH is 1. The van der Waals surface area contributed by atoms with E-state index in [2.05, 4.69) is 9.50 Å². The lowest BCUT2D eigenvalue weighted by Gasteiger charge is -2.17. The van der Waals surface area contributed by atoms with Crippen molar-refractivity contribution in [3.05, 3.63) is 47.5 Å². The van der Waals surface area contributed by atoms with Crippen molar-refractivity contribution < 1.29 is 28.1 Å². The van der Waals surface area contributed by atoms with Crippen molar-refractivity contribution in [2.45, 2.75) is 4.90 Å². The summed E-state index contributed by atoms with van der Waals surface area (Å²) < 4.78 is 39.0. The van der Waals surface area contributed by atoms with E-state index in [1.165, 1.54) is 37.6 Å². The predicted octanol–water partition coefficient (Wildman–Crippen LogP) is 1.19. The number of ether oxygens (including phenoxy) is 2. The van der Waals surface area contributed by atoms with E-state index in [0.717, 1.165) is 0 Å². The van der Waals surface area contributed by atoms with Crippen molar-refractivity contribution in [1.82, 2.24) is 5.01 Å². The average molecular weight is 405 g/mol. The quantitative estimate of drug-likeness (QED) is 0.547. The van der Waals surface area contributed by atoms with Gasteiger partial charge in [-0.1, -0.05) is 6.07 Å². The van der Waals surface area contributed by atoms with Crippen LogP contribution in [0.15, 0.2) is 50.8 Å². The van der Waals surface area contributed by atoms with Gasteiger partial charge in [0.25, 0.3) is 10.0 Å². The van der Waals surface area contributed by atoms with Gasteiger partial charge in [0.2, 0.25) is 0 Å². The maximum atomic E-state index is 12.5. The Balaban J connectivity index is 2.01. The average Bonchev–Trinajstić information content (AvgIpc) is 2.97. The zero-order valence-electron chi connectivity index (χ0n) is 15.2. The van der Waals surface area contributed by atoms with Crippen LogP contribution in [0, 0.1) is 0 Å². The van der Waals surface area contributed by atoms with Crippen LogP contribution < -0.4 is 9.47 Å². The molecule has 2 N–H and O–H groups in total. The SMILES string of the molecule is COc1cc(C=NN(CCO)C2=NS(=O)(=O)c3c(OC)cccc32)ccc1O. The smallest absolute Gasteiger partial charge is 0.288 e. The Morgan fingerprint density at radius 3 is 2.61 bits per heavy atom. The Hall–Kier alpha value is -3.11. The Bertz CT molecular complexity index is 1050. The molecule has 1 aliphatic heterocycles. The molecule has 0 unspecified atom stereocenters. The standard InChI is InChI=1S/C18H19N3O6S/c1-26-15-5-3-4-13-17(15)28(24,25)20-18(13)21(8-9-22)19-11-12-6-7-14(23)16(10-12)27-2/h3-7,10-11,22-23H,8-9H2,1-2H3. The number of benzene rings is 2. The summed E-state index contributed by atoms with van der Waals surface area (Å²) in [4.78, 5) is -0.0306. The van der Waals surface area contributed by atoms with Crippen molar-refractivity contribution in [2.75, 3.05) is 27.4 Å². The number of methoxy groups -OCH3 is 2. The molecular formula is C18H19N3O6S. The van der Waals surface area contributed by atoms with E-state index in [9.17, 15) is 18.6 Å². The number of phenolic OH excluding ortho intramolecular Hbond substituents is 1. The molecular weight excluding hydrogens is 386 g/mol. The Labute approximate surface area is 162 Å². The van der Waals surface area contributed by atoms with Crippen LogP contribution in [0.5, 0.6) is 17.2 Å². The Kier molecular flexibility index (Phi) is 5.52. The molecule has 2 aromatic rings. The highest BCUT2D eigenvalue weighted by molar-refractivity contribution is 7.90. The monoisotopic (exact) mass is 405 g/mol. The van der Waals surface area contributed by atoms with Crippen LogP contribution in [0.2, 0.25) is 0 Å². The number of rotatable bonds is 6. The van der Waals surface area contributed by atoms with E-state index in [4.69, 9.17) is 9.47 Å². The summed E-state index contributed by atoms with van der Waals surface area (Å²) in [6, 6.07) is 9.43. The van der Waals surface area contributed by atoms with Gasteiger partial charge in [-0.25, -0.2) is 5.01 Å². The van der Waals surface area contributed by atoms with Crippen LogP contribution in [0.4, 0.5) is 0 Å². The molecule has 0 atom stereocenters. The molecule has 0 fully saturated rings. The maximum absolute atomic E-state index is 12.5. The molecule has 0 bridgehead atoms. The summed E-state index contributed by atoms with van der Waals surface area (Å²) in [5.41, 5.74) is 0.943. The van der Waals surface area contributed by atoms with Gasteiger partial charge < -0.3 is 19.7 Å². The van der Waals surface area contributed by atoms with Gasteiger partial charge in [0.15, 0.2) is 17.3 Å². The highest BCUT2D eigenvalue weighted by Gasteiger charge is 2.35. The van der Waals surface area contributed by atoms with Crippen LogP contribution >= 0.6 is 0 Å². The fraction of sp³-hybridized carbons (Fsp3) is 0.222. The largest absolute Gasteiger partial charge is 0.504 e. The minimum atomic E-state index is -3.95. The van der Waals surface area contributed by atoms with Crippen LogP contribution in [-0.4, -0.2) is 63.1 Å². The van der Waals surface area contributed by atoms with Crippen molar-refractivity contribution in [2.24, 2.45) is 9.50 Å². The van der Waals surface area contributed by atoms with Gasteiger partial charge in [-0.3, -0.25) is 0 Å². The molecule has 10 heteroatoms. The summed E-state index contributed by atoms with van der Waals surface area (Å²) in [7, 11) is -1.14. The van der Waals surface area contributed by atoms with Crippen molar-refractivity contribution >= 4 is 22.1 Å². The van der Waals surface area contributed by atoms with Crippen molar-refractivity contribution in [1.29, 1.82) is 0 Å². The molecule has 9 nitrogen and oxygen atoms in total. The fourth-order valence-corrected chi connectivity index (χ4v) is 4.09. The second-order valence-corrected chi connectivity index (χ2v) is 7.29. The number of phenols is 1. The summed E-state index contributed by atoms with van der Waals surface area (Å²) in [5, 5.41) is 24.6. The first-order valence-electron chi connectivity index (χ1n) is 8.23. The third kappa shape index (κ3) is 3.64. The number of hydrogen-bond donors (Lipinski definition) is 2. The van der Waals surface area contributed by atoms with Gasteiger partial charge in [0, 0.05) is 5.56 Å². The maximum Gasteiger partial charge on any atom is 0.288 e. The number of hydrazone groups is 1. The van der Waals surface area contributed by atoms with Crippen LogP contribution in [0.25, 0.3) is 0 Å². The van der Waals surface area contributed by atoms with Gasteiger partial charge >= 0.3 is 0 Å². The summed E-state index contributed by atoms with van der Waals surface area (Å²) in [6.45, 7) is -0.245. The zero-order chi connectivity index (χ0) is 20.3. The first kappa shape index (κ1) is 19.6. The number of amidine groups is 1. The van der Waals surface area contributed by atoms with Gasteiger partial charge in [-0.15, -0.1) is 4.40 Å². The highest BCUT2D eigenvalue weighted by Crippen LogP contribution is 2.35. The van der Waals surface area contributed by atoms with Gasteiger partial charge in [-0.05, 0) is 35.9 Å². The minimum absolute atomic E-state index is 0.0147. The number of nitrogens with zero attached hydrogens (tertiary/aromatic N) is 3. The summed E-state index contributed by atoms with van der Waals surface area (Å²) >= 11 is 0. The zero-order valence-corrected chi connectivity index (χ0v) is 16.0. The van der Waals surface area contributed by atoms with Crippen LogP contribution in [-0.2, 0) is 10.0 Å². The van der Waals surface area contributed by atoms with E-state index in [1.54, 1.807) is 24.3 Å². The Morgan fingerprint density at radius 1 is 1.18 bits per heavy atom. The van der Waals surface area contributed by atoms with E-state index in [0.29, 0.717) is 11.1 Å². The Morgan fingerprint density at radius 2 is 1.93 bits per heavy atom. The van der Waals surface area contributed by atoms with E-state index in [1.807, 2.05) is 0 Å². The second kappa shape index (κ2) is 7.87. The van der Waals surface area contributed by atoms with Gasteiger partial charge in [0.1, 0.15) is 10.6 Å². The molecule has 0 radical (unpaired) electrons. The molecule has 2 aromatic carbocycles.